The highest BCUT2D eigenvalue weighted by molar-refractivity contribution is 5.14. The first-order chi connectivity index (χ1) is 13.3. The van der Waals surface area contributed by atoms with Gasteiger partial charge in [0, 0.05) is 0 Å². The molecule has 1 fully saturated rings. The predicted molar refractivity (Wildman–Crippen MR) is 102 cm³/mol. The fraction of sp³-hybridized carbons (Fsp3) is 0.364. The van der Waals surface area contributed by atoms with Gasteiger partial charge in [-0.15, -0.1) is 6.58 Å². The molecular formula is C22H26O5. The topological polar surface area (TPSA) is 57.2 Å². The van der Waals surface area contributed by atoms with E-state index < -0.39 is 24.6 Å². The molecule has 0 saturated carbocycles. The Kier molecular flexibility index (Phi) is 7.56. The van der Waals surface area contributed by atoms with Crippen molar-refractivity contribution >= 4 is 0 Å². The highest BCUT2D eigenvalue weighted by atomic mass is 16.7. The van der Waals surface area contributed by atoms with Gasteiger partial charge in [0.25, 0.3) is 0 Å². The minimum atomic E-state index is -0.860. The Hall–Kier alpha value is -2.02. The van der Waals surface area contributed by atoms with E-state index in [4.69, 9.17) is 18.9 Å². The molecule has 0 radical (unpaired) electrons. The van der Waals surface area contributed by atoms with Crippen LogP contribution in [-0.4, -0.2) is 42.9 Å². The molecule has 2 aromatic rings. The van der Waals surface area contributed by atoms with Crippen LogP contribution in [0.3, 0.4) is 0 Å². The Bertz CT molecular complexity index is 676. The summed E-state index contributed by atoms with van der Waals surface area (Å²) in [5, 5.41) is 10.8. The average Bonchev–Trinajstić information content (AvgIpc) is 2.72. The van der Waals surface area contributed by atoms with Crippen molar-refractivity contribution in [1.82, 2.24) is 0 Å². The van der Waals surface area contributed by atoms with Gasteiger partial charge in [0.15, 0.2) is 6.29 Å². The third kappa shape index (κ3) is 5.73. The minimum absolute atomic E-state index is 0.237. The second-order valence-corrected chi connectivity index (χ2v) is 6.41. The molecule has 2 aromatic carbocycles. The van der Waals surface area contributed by atoms with Crippen molar-refractivity contribution < 1.29 is 24.1 Å². The van der Waals surface area contributed by atoms with E-state index in [0.717, 1.165) is 11.1 Å². The summed E-state index contributed by atoms with van der Waals surface area (Å²) in [6.45, 7) is 4.96. The number of rotatable bonds is 9. The van der Waals surface area contributed by atoms with Gasteiger partial charge in [-0.1, -0.05) is 66.7 Å². The number of aliphatic hydroxyl groups is 1. The quantitative estimate of drug-likeness (QED) is 0.688. The Morgan fingerprint density at radius 3 is 2.11 bits per heavy atom. The van der Waals surface area contributed by atoms with Crippen molar-refractivity contribution in [3.8, 4) is 0 Å². The number of hydrogen-bond donors (Lipinski definition) is 1. The molecule has 5 nitrogen and oxygen atoms in total. The summed E-state index contributed by atoms with van der Waals surface area (Å²) in [6.07, 6.45) is -1.03. The number of aliphatic hydroxyl groups excluding tert-OH is 1. The summed E-state index contributed by atoms with van der Waals surface area (Å²) < 4.78 is 23.3. The molecule has 27 heavy (non-hydrogen) atoms. The standard InChI is InChI=1S/C22H26O5/c1-2-13-24-22-21(26-15-18-11-7-4-8-12-18)20(23)19(16-27-22)25-14-17-9-5-3-6-10-17/h2-12,19-23H,1,13-16H2/t19-,20?,21?,22?/m1/s1. The first kappa shape index (κ1) is 19.7. The van der Waals surface area contributed by atoms with Crippen molar-refractivity contribution in [2.24, 2.45) is 0 Å². The zero-order valence-electron chi connectivity index (χ0n) is 15.3. The third-order valence-corrected chi connectivity index (χ3v) is 4.38. The largest absolute Gasteiger partial charge is 0.387 e. The van der Waals surface area contributed by atoms with Crippen LogP contribution in [0.4, 0.5) is 0 Å². The van der Waals surface area contributed by atoms with E-state index in [-0.39, 0.29) is 6.61 Å². The van der Waals surface area contributed by atoms with Crippen LogP contribution in [-0.2, 0) is 32.2 Å². The van der Waals surface area contributed by atoms with E-state index in [2.05, 4.69) is 6.58 Å². The molecule has 3 unspecified atom stereocenters. The van der Waals surface area contributed by atoms with Crippen LogP contribution in [0.15, 0.2) is 73.3 Å². The van der Waals surface area contributed by atoms with Crippen LogP contribution in [0.1, 0.15) is 11.1 Å². The maximum absolute atomic E-state index is 10.8. The van der Waals surface area contributed by atoms with Gasteiger partial charge in [-0.05, 0) is 11.1 Å². The van der Waals surface area contributed by atoms with E-state index in [1.54, 1.807) is 6.08 Å². The summed E-state index contributed by atoms with van der Waals surface area (Å²) in [6, 6.07) is 19.6. The zero-order valence-corrected chi connectivity index (χ0v) is 15.3. The van der Waals surface area contributed by atoms with E-state index in [1.807, 2.05) is 60.7 Å². The fourth-order valence-electron chi connectivity index (χ4n) is 2.93. The molecule has 0 spiro atoms. The van der Waals surface area contributed by atoms with Crippen molar-refractivity contribution in [2.45, 2.75) is 37.8 Å². The summed E-state index contributed by atoms with van der Waals surface area (Å²) in [5.74, 6) is 0. The average molecular weight is 370 g/mol. The molecule has 1 aliphatic heterocycles. The molecule has 0 aromatic heterocycles. The molecule has 0 bridgehead atoms. The van der Waals surface area contributed by atoms with E-state index >= 15 is 0 Å². The maximum Gasteiger partial charge on any atom is 0.186 e. The van der Waals surface area contributed by atoms with Crippen LogP contribution < -0.4 is 0 Å². The Morgan fingerprint density at radius 2 is 1.52 bits per heavy atom. The second kappa shape index (κ2) is 10.3. The molecular weight excluding hydrogens is 344 g/mol. The van der Waals surface area contributed by atoms with Crippen molar-refractivity contribution in [3.05, 3.63) is 84.4 Å². The van der Waals surface area contributed by atoms with Crippen molar-refractivity contribution in [1.29, 1.82) is 0 Å². The van der Waals surface area contributed by atoms with Gasteiger partial charge in [-0.25, -0.2) is 0 Å². The lowest BCUT2D eigenvalue weighted by Gasteiger charge is -2.39. The molecule has 4 atom stereocenters. The molecule has 3 rings (SSSR count). The highest BCUT2D eigenvalue weighted by Crippen LogP contribution is 2.24. The van der Waals surface area contributed by atoms with Gasteiger partial charge in [0.05, 0.1) is 26.4 Å². The van der Waals surface area contributed by atoms with E-state index in [1.165, 1.54) is 0 Å². The predicted octanol–water partition coefficient (Wildman–Crippen LogP) is 3.08. The van der Waals surface area contributed by atoms with Crippen molar-refractivity contribution in [2.75, 3.05) is 13.2 Å². The van der Waals surface area contributed by atoms with Crippen LogP contribution in [0.2, 0.25) is 0 Å². The molecule has 144 valence electrons. The lowest BCUT2D eigenvalue weighted by atomic mass is 10.0. The molecule has 1 N–H and O–H groups in total. The normalized spacial score (nSPS) is 25.2. The fourth-order valence-corrected chi connectivity index (χ4v) is 2.93. The SMILES string of the molecule is C=CCOC1OC[C@@H](OCc2ccccc2)C(O)C1OCc1ccccc1. The minimum Gasteiger partial charge on any atom is -0.387 e. The van der Waals surface area contributed by atoms with Crippen LogP contribution in [0, 0.1) is 0 Å². The summed E-state index contributed by atoms with van der Waals surface area (Å²) in [5.41, 5.74) is 2.05. The van der Waals surface area contributed by atoms with Crippen LogP contribution in [0.25, 0.3) is 0 Å². The molecule has 1 heterocycles. The zero-order chi connectivity index (χ0) is 18.9. The summed E-state index contributed by atoms with van der Waals surface area (Å²) in [4.78, 5) is 0. The highest BCUT2D eigenvalue weighted by Gasteiger charge is 2.41. The van der Waals surface area contributed by atoms with Gasteiger partial charge < -0.3 is 24.1 Å². The van der Waals surface area contributed by atoms with Crippen molar-refractivity contribution in [3.63, 3.8) is 0 Å². The first-order valence-electron chi connectivity index (χ1n) is 9.11. The molecule has 1 saturated heterocycles. The molecule has 1 aliphatic rings. The monoisotopic (exact) mass is 370 g/mol. The smallest absolute Gasteiger partial charge is 0.186 e. The lowest BCUT2D eigenvalue weighted by molar-refractivity contribution is -0.287. The van der Waals surface area contributed by atoms with Gasteiger partial charge >= 0.3 is 0 Å². The Morgan fingerprint density at radius 1 is 0.926 bits per heavy atom. The molecule has 0 aliphatic carbocycles. The van der Waals surface area contributed by atoms with E-state index in [9.17, 15) is 5.11 Å². The lowest BCUT2D eigenvalue weighted by Crippen LogP contribution is -2.55. The second-order valence-electron chi connectivity index (χ2n) is 6.41. The number of ether oxygens (including phenoxy) is 4. The Balaban J connectivity index is 1.61. The Labute approximate surface area is 160 Å². The third-order valence-electron chi connectivity index (χ3n) is 4.38. The molecule has 0 amide bonds. The van der Waals surface area contributed by atoms with Gasteiger partial charge in [-0.2, -0.15) is 0 Å². The van der Waals surface area contributed by atoms with Gasteiger partial charge in [-0.3, -0.25) is 0 Å². The number of benzene rings is 2. The van der Waals surface area contributed by atoms with Gasteiger partial charge in [0.2, 0.25) is 0 Å². The summed E-state index contributed by atoms with van der Waals surface area (Å²) >= 11 is 0. The summed E-state index contributed by atoms with van der Waals surface area (Å²) in [7, 11) is 0. The number of hydrogen-bond acceptors (Lipinski definition) is 5. The van der Waals surface area contributed by atoms with Crippen LogP contribution in [0.5, 0.6) is 0 Å². The van der Waals surface area contributed by atoms with Gasteiger partial charge in [0.1, 0.15) is 18.3 Å². The molecule has 5 heteroatoms. The first-order valence-corrected chi connectivity index (χ1v) is 9.11. The van der Waals surface area contributed by atoms with E-state index in [0.29, 0.717) is 19.8 Å². The maximum atomic E-state index is 10.8. The van der Waals surface area contributed by atoms with Crippen LogP contribution >= 0.6 is 0 Å².